The third kappa shape index (κ3) is 7.01. The number of rotatable bonds is 2. The predicted molar refractivity (Wildman–Crippen MR) is 136 cm³/mol. The highest BCUT2D eigenvalue weighted by Crippen LogP contribution is 2.47. The average molecular weight is 486 g/mol. The molecule has 1 aromatic rings. The Morgan fingerprint density at radius 2 is 1.83 bits per heavy atom. The SMILES string of the molecule is C/C(=C\c1ccc(C)cn1)[C@H]1C[C@@H]2C[C@@H]2CCC[C@H](C)[C@H](O)[C@@H](C)C(=O)C(C)(C)[C@@H](O)CC(=O)O1. The number of aliphatic hydroxyl groups excluding tert-OH is 2. The van der Waals surface area contributed by atoms with Crippen molar-refractivity contribution in [3.8, 4) is 0 Å². The van der Waals surface area contributed by atoms with Crippen LogP contribution < -0.4 is 0 Å². The molecule has 7 atom stereocenters. The lowest BCUT2D eigenvalue weighted by molar-refractivity contribution is -0.154. The lowest BCUT2D eigenvalue weighted by Gasteiger charge is -2.34. The number of Topliss-reactive ketones (excluding diaryl/α,β-unsaturated/α-hetero) is 1. The first kappa shape index (κ1) is 27.5. The first-order chi connectivity index (χ1) is 16.4. The molecular weight excluding hydrogens is 442 g/mol. The Balaban J connectivity index is 1.82. The molecule has 194 valence electrons. The lowest BCUT2D eigenvalue weighted by Crippen LogP contribution is -2.45. The van der Waals surface area contributed by atoms with Crippen LogP contribution in [0.2, 0.25) is 0 Å². The summed E-state index contributed by atoms with van der Waals surface area (Å²) in [6.45, 7) is 11.0. The number of carbonyl (C=O) groups excluding carboxylic acids is 2. The van der Waals surface area contributed by atoms with Crippen LogP contribution in [0.25, 0.3) is 6.08 Å². The highest BCUT2D eigenvalue weighted by Gasteiger charge is 2.43. The van der Waals surface area contributed by atoms with Gasteiger partial charge in [0.05, 0.1) is 29.7 Å². The van der Waals surface area contributed by atoms with Crippen molar-refractivity contribution < 1.29 is 24.5 Å². The van der Waals surface area contributed by atoms with Crippen molar-refractivity contribution in [3.05, 3.63) is 35.2 Å². The summed E-state index contributed by atoms with van der Waals surface area (Å²) >= 11 is 0. The first-order valence-electron chi connectivity index (χ1n) is 13.1. The van der Waals surface area contributed by atoms with Crippen molar-refractivity contribution in [2.24, 2.45) is 29.1 Å². The van der Waals surface area contributed by atoms with Gasteiger partial charge in [0.2, 0.25) is 0 Å². The van der Waals surface area contributed by atoms with E-state index in [1.807, 2.05) is 45.2 Å². The molecule has 1 saturated heterocycles. The van der Waals surface area contributed by atoms with Crippen LogP contribution in [-0.2, 0) is 14.3 Å². The summed E-state index contributed by atoms with van der Waals surface area (Å²) in [5.74, 6) is -0.271. The topological polar surface area (TPSA) is 96.7 Å². The number of ether oxygens (including phenoxy) is 1. The van der Waals surface area contributed by atoms with Crippen molar-refractivity contribution >= 4 is 17.8 Å². The third-order valence-corrected chi connectivity index (χ3v) is 8.25. The normalized spacial score (nSPS) is 35.2. The molecule has 2 heterocycles. The molecule has 6 nitrogen and oxygen atoms in total. The van der Waals surface area contributed by atoms with Gasteiger partial charge < -0.3 is 14.9 Å². The van der Waals surface area contributed by atoms with E-state index in [4.69, 9.17) is 4.74 Å². The second-order valence-corrected chi connectivity index (χ2v) is 11.6. The van der Waals surface area contributed by atoms with Gasteiger partial charge >= 0.3 is 5.97 Å². The monoisotopic (exact) mass is 485 g/mol. The smallest absolute Gasteiger partial charge is 0.309 e. The van der Waals surface area contributed by atoms with Crippen molar-refractivity contribution in [2.75, 3.05) is 0 Å². The van der Waals surface area contributed by atoms with Crippen LogP contribution in [0.3, 0.4) is 0 Å². The number of nitrogens with zero attached hydrogens (tertiary/aromatic N) is 1. The largest absolute Gasteiger partial charge is 0.458 e. The average Bonchev–Trinajstić information content (AvgIpc) is 3.55. The molecule has 6 heteroatoms. The van der Waals surface area contributed by atoms with Crippen molar-refractivity contribution in [1.82, 2.24) is 4.98 Å². The zero-order valence-corrected chi connectivity index (χ0v) is 22.2. The Bertz CT molecular complexity index is 922. The van der Waals surface area contributed by atoms with Crippen LogP contribution in [0.4, 0.5) is 0 Å². The third-order valence-electron chi connectivity index (χ3n) is 8.25. The molecule has 0 aromatic carbocycles. The summed E-state index contributed by atoms with van der Waals surface area (Å²) in [6, 6.07) is 3.95. The van der Waals surface area contributed by atoms with E-state index in [2.05, 4.69) is 4.98 Å². The number of aromatic nitrogens is 1. The first-order valence-corrected chi connectivity index (χ1v) is 13.1. The number of hydrogen-bond acceptors (Lipinski definition) is 6. The van der Waals surface area contributed by atoms with Crippen LogP contribution >= 0.6 is 0 Å². The van der Waals surface area contributed by atoms with Crippen LogP contribution in [0.15, 0.2) is 23.9 Å². The van der Waals surface area contributed by atoms with E-state index in [9.17, 15) is 19.8 Å². The van der Waals surface area contributed by atoms with Gasteiger partial charge in [-0.25, -0.2) is 0 Å². The van der Waals surface area contributed by atoms with Gasteiger partial charge in [0.1, 0.15) is 11.9 Å². The number of hydrogen-bond donors (Lipinski definition) is 2. The maximum atomic E-state index is 13.2. The number of aryl methyl sites for hydroxylation is 1. The summed E-state index contributed by atoms with van der Waals surface area (Å²) < 4.78 is 5.91. The number of aliphatic hydroxyl groups is 2. The van der Waals surface area contributed by atoms with Crippen LogP contribution in [0, 0.1) is 36.0 Å². The van der Waals surface area contributed by atoms with Gasteiger partial charge in [-0.2, -0.15) is 0 Å². The van der Waals surface area contributed by atoms with Crippen LogP contribution in [0.5, 0.6) is 0 Å². The van der Waals surface area contributed by atoms with E-state index in [1.165, 1.54) is 0 Å². The standard InChI is InChI=1S/C29H43NO5/c1-17-10-11-23(30-16-17)12-19(3)24-14-22-13-21(22)9-7-8-18(2)27(33)20(4)28(34)29(5,6)25(31)15-26(32)35-24/h10-12,16,18,20-22,24-25,27,31,33H,7-9,13-15H2,1-6H3/b19-12+/t18-,20+,21-,22-,24+,25-,27-/m0/s1. The number of ketones is 1. The Hall–Kier alpha value is -2.05. The van der Waals surface area contributed by atoms with Crippen molar-refractivity contribution in [3.63, 3.8) is 0 Å². The van der Waals surface area contributed by atoms with E-state index in [1.54, 1.807) is 20.8 Å². The van der Waals surface area contributed by atoms with E-state index in [0.717, 1.165) is 48.9 Å². The van der Waals surface area contributed by atoms with Gasteiger partial charge in [0.15, 0.2) is 0 Å². The molecule has 2 aliphatic rings. The van der Waals surface area contributed by atoms with Gasteiger partial charge in [0.25, 0.3) is 0 Å². The summed E-state index contributed by atoms with van der Waals surface area (Å²) in [6.07, 6.45) is 5.96. The van der Waals surface area contributed by atoms with Gasteiger partial charge in [-0.3, -0.25) is 14.6 Å². The minimum absolute atomic E-state index is 0.00287. The second kappa shape index (κ2) is 11.3. The molecule has 0 bridgehead atoms. The molecule has 2 fully saturated rings. The maximum Gasteiger partial charge on any atom is 0.309 e. The van der Waals surface area contributed by atoms with E-state index in [0.29, 0.717) is 11.8 Å². The fourth-order valence-electron chi connectivity index (χ4n) is 5.34. The van der Waals surface area contributed by atoms with Crippen molar-refractivity contribution in [1.29, 1.82) is 0 Å². The highest BCUT2D eigenvalue weighted by atomic mass is 16.5. The summed E-state index contributed by atoms with van der Waals surface area (Å²) in [4.78, 5) is 30.6. The fourth-order valence-corrected chi connectivity index (χ4v) is 5.34. The molecule has 0 unspecified atom stereocenters. The Morgan fingerprint density at radius 3 is 2.49 bits per heavy atom. The summed E-state index contributed by atoms with van der Waals surface area (Å²) in [5.41, 5.74) is 1.65. The van der Waals surface area contributed by atoms with E-state index < -0.39 is 29.5 Å². The molecule has 1 aliphatic carbocycles. The Kier molecular flexibility index (Phi) is 8.92. The molecule has 0 amide bonds. The lowest BCUT2D eigenvalue weighted by atomic mass is 9.73. The molecule has 1 aliphatic heterocycles. The highest BCUT2D eigenvalue weighted by molar-refractivity contribution is 5.88. The quantitative estimate of drug-likeness (QED) is 0.579. The maximum absolute atomic E-state index is 13.2. The minimum Gasteiger partial charge on any atom is -0.458 e. The number of fused-ring (bicyclic) bond motifs is 1. The second-order valence-electron chi connectivity index (χ2n) is 11.6. The zero-order valence-electron chi connectivity index (χ0n) is 22.2. The van der Waals surface area contributed by atoms with Gasteiger partial charge in [0, 0.05) is 12.1 Å². The zero-order chi connectivity index (χ0) is 25.9. The Morgan fingerprint density at radius 1 is 1.11 bits per heavy atom. The Labute approximate surface area is 210 Å². The van der Waals surface area contributed by atoms with Gasteiger partial charge in [-0.1, -0.05) is 46.6 Å². The molecule has 1 saturated carbocycles. The fraction of sp³-hybridized carbons (Fsp3) is 0.690. The molecular formula is C29H43NO5. The van der Waals surface area contributed by atoms with Crippen molar-refractivity contribution in [2.45, 2.75) is 98.4 Å². The molecule has 0 radical (unpaired) electrons. The molecule has 3 rings (SSSR count). The van der Waals surface area contributed by atoms with Gasteiger partial charge in [-0.15, -0.1) is 0 Å². The predicted octanol–water partition coefficient (Wildman–Crippen LogP) is 4.89. The minimum atomic E-state index is -1.20. The molecule has 0 spiro atoms. The molecule has 2 N–H and O–H groups in total. The number of cyclic esters (lactones) is 1. The number of esters is 1. The summed E-state index contributed by atoms with van der Waals surface area (Å²) in [7, 11) is 0. The van der Waals surface area contributed by atoms with Crippen LogP contribution in [0.1, 0.15) is 84.4 Å². The number of carbonyl (C=O) groups is 2. The number of pyridine rings is 1. The molecule has 35 heavy (non-hydrogen) atoms. The summed E-state index contributed by atoms with van der Waals surface area (Å²) in [5, 5.41) is 21.7. The van der Waals surface area contributed by atoms with E-state index in [-0.39, 0.29) is 24.2 Å². The molecule has 1 aromatic heterocycles. The van der Waals surface area contributed by atoms with Gasteiger partial charge in [-0.05, 0) is 74.1 Å². The van der Waals surface area contributed by atoms with Crippen LogP contribution in [-0.4, -0.2) is 45.3 Å². The van der Waals surface area contributed by atoms with E-state index >= 15 is 0 Å².